The molecule has 0 amide bonds. The Bertz CT molecular complexity index is 256. The van der Waals surface area contributed by atoms with Gasteiger partial charge in [-0.25, -0.2) is 0 Å². The first-order chi connectivity index (χ1) is 5.81. The van der Waals surface area contributed by atoms with E-state index in [4.69, 9.17) is 3.10 Å². The first kappa shape index (κ1) is 9.02. The molecule has 1 aromatic carbocycles. The standard InChI is InChI=1S/C9H11BrOTe/c10-12(8-4-7-11-12)9-5-2-1-3-6-9/h1-3,5-6H,4,7-8H2. The number of halogens is 1. The molecule has 1 heterocycles. The molecule has 1 aliphatic heterocycles. The third kappa shape index (κ3) is 1.70. The van der Waals surface area contributed by atoms with Gasteiger partial charge in [0, 0.05) is 0 Å². The van der Waals surface area contributed by atoms with E-state index in [0.717, 1.165) is 6.61 Å². The molecule has 0 saturated carbocycles. The summed E-state index contributed by atoms with van der Waals surface area (Å²) in [6, 6.07) is 10.6. The Balaban J connectivity index is 2.29. The quantitative estimate of drug-likeness (QED) is 0.711. The molecule has 1 fully saturated rings. The summed E-state index contributed by atoms with van der Waals surface area (Å²) in [4.78, 5) is 0. The van der Waals surface area contributed by atoms with E-state index in [1.807, 2.05) is 0 Å². The Labute approximate surface area is 83.3 Å². The van der Waals surface area contributed by atoms with Crippen molar-refractivity contribution in [3.8, 4) is 0 Å². The summed E-state index contributed by atoms with van der Waals surface area (Å²) in [6.45, 7) is 0.946. The Hall–Kier alpha value is 0.450. The summed E-state index contributed by atoms with van der Waals surface area (Å²) < 4.78 is 8.50. The van der Waals surface area contributed by atoms with Gasteiger partial charge in [-0.1, -0.05) is 0 Å². The average molecular weight is 343 g/mol. The second-order valence-electron chi connectivity index (χ2n) is 2.79. The minimum atomic E-state index is -2.18. The molecule has 2 rings (SSSR count). The van der Waals surface area contributed by atoms with Gasteiger partial charge in [0.2, 0.25) is 0 Å². The summed E-state index contributed by atoms with van der Waals surface area (Å²) in [5, 5.41) is 0. The van der Waals surface area contributed by atoms with Crippen LogP contribution in [0, 0.1) is 0 Å². The van der Waals surface area contributed by atoms with Gasteiger partial charge >= 0.3 is 83.7 Å². The first-order valence-electron chi connectivity index (χ1n) is 4.01. The SMILES string of the molecule is Br[Te]1(c2ccccc2)CCCO1. The van der Waals surface area contributed by atoms with Crippen LogP contribution in [0.15, 0.2) is 30.3 Å². The third-order valence-electron chi connectivity index (χ3n) is 1.92. The number of rotatable bonds is 1. The molecule has 3 heteroatoms. The van der Waals surface area contributed by atoms with Gasteiger partial charge in [-0.2, -0.15) is 0 Å². The zero-order chi connectivity index (χ0) is 8.44. The summed E-state index contributed by atoms with van der Waals surface area (Å²) >= 11 is 1.64. The van der Waals surface area contributed by atoms with E-state index in [1.165, 1.54) is 14.5 Å². The van der Waals surface area contributed by atoms with Crippen LogP contribution < -0.4 is 3.61 Å². The van der Waals surface area contributed by atoms with Gasteiger partial charge in [-0.15, -0.1) is 0 Å². The van der Waals surface area contributed by atoms with E-state index >= 15 is 0 Å². The molecule has 1 aromatic rings. The van der Waals surface area contributed by atoms with Crippen molar-refractivity contribution in [2.75, 3.05) is 6.61 Å². The molecule has 12 heavy (non-hydrogen) atoms. The normalized spacial score (nSPS) is 34.4. The van der Waals surface area contributed by atoms with Crippen LogP contribution in [-0.2, 0) is 3.10 Å². The van der Waals surface area contributed by atoms with E-state index in [-0.39, 0.29) is 0 Å². The maximum absolute atomic E-state index is 5.83. The first-order valence-corrected chi connectivity index (χ1v) is 13.0. The van der Waals surface area contributed by atoms with Crippen molar-refractivity contribution in [1.29, 1.82) is 0 Å². The summed E-state index contributed by atoms with van der Waals surface area (Å²) in [7, 11) is 0. The topological polar surface area (TPSA) is 9.23 Å². The molecule has 1 nitrogen and oxygen atoms in total. The number of benzene rings is 1. The van der Waals surface area contributed by atoms with Crippen LogP contribution in [0.1, 0.15) is 6.42 Å². The molecular formula is C9H11BrOTe. The molecule has 0 aromatic heterocycles. The van der Waals surface area contributed by atoms with Crippen LogP contribution in [0.4, 0.5) is 0 Å². The van der Waals surface area contributed by atoms with E-state index in [1.54, 1.807) is 0 Å². The van der Waals surface area contributed by atoms with Crippen LogP contribution in [-0.4, -0.2) is 23.0 Å². The molecule has 1 unspecified atom stereocenters. The molecule has 0 aliphatic carbocycles. The van der Waals surface area contributed by atoms with Crippen LogP contribution in [0.25, 0.3) is 0 Å². The van der Waals surface area contributed by atoms with Crippen LogP contribution >= 0.6 is 12.8 Å². The van der Waals surface area contributed by atoms with Crippen LogP contribution in [0.5, 0.6) is 0 Å². The van der Waals surface area contributed by atoms with Gasteiger partial charge in [0.15, 0.2) is 0 Å². The van der Waals surface area contributed by atoms with Crippen molar-refractivity contribution in [2.24, 2.45) is 0 Å². The average Bonchev–Trinajstić information content (AvgIpc) is 2.55. The van der Waals surface area contributed by atoms with Gasteiger partial charge in [-0.05, 0) is 0 Å². The molecule has 0 radical (unpaired) electrons. The van der Waals surface area contributed by atoms with Crippen LogP contribution in [0.2, 0.25) is 4.47 Å². The molecule has 66 valence electrons. The summed E-state index contributed by atoms with van der Waals surface area (Å²) in [5.41, 5.74) is 0. The monoisotopic (exact) mass is 344 g/mol. The second-order valence-corrected chi connectivity index (χ2v) is 16.4. The molecule has 0 bridgehead atoms. The zero-order valence-electron chi connectivity index (χ0n) is 6.70. The van der Waals surface area contributed by atoms with E-state index in [0.29, 0.717) is 0 Å². The Morgan fingerprint density at radius 2 is 2.00 bits per heavy atom. The molecule has 1 atom stereocenters. The van der Waals surface area contributed by atoms with Crippen molar-refractivity contribution in [3.05, 3.63) is 30.3 Å². The van der Waals surface area contributed by atoms with Gasteiger partial charge < -0.3 is 0 Å². The predicted molar refractivity (Wildman–Crippen MR) is 56.1 cm³/mol. The minimum absolute atomic E-state index is 0.946. The summed E-state index contributed by atoms with van der Waals surface area (Å²) in [6.07, 6.45) is 1.22. The fourth-order valence-electron chi connectivity index (χ4n) is 1.30. The summed E-state index contributed by atoms with van der Waals surface area (Å²) in [5.74, 6) is 0. The molecule has 0 N–H and O–H groups in total. The van der Waals surface area contributed by atoms with Crippen molar-refractivity contribution in [2.45, 2.75) is 10.9 Å². The van der Waals surface area contributed by atoms with E-state index < -0.39 is 16.4 Å². The molecule has 1 aliphatic rings. The van der Waals surface area contributed by atoms with E-state index in [9.17, 15) is 0 Å². The second kappa shape index (κ2) is 3.67. The van der Waals surface area contributed by atoms with Crippen molar-refractivity contribution in [3.63, 3.8) is 0 Å². The van der Waals surface area contributed by atoms with Gasteiger partial charge in [0.25, 0.3) is 0 Å². The fraction of sp³-hybridized carbons (Fsp3) is 0.333. The van der Waals surface area contributed by atoms with Gasteiger partial charge in [-0.3, -0.25) is 0 Å². The van der Waals surface area contributed by atoms with Gasteiger partial charge in [0.05, 0.1) is 0 Å². The maximum atomic E-state index is 5.83. The predicted octanol–water partition coefficient (Wildman–Crippen LogP) is 2.15. The van der Waals surface area contributed by atoms with Crippen molar-refractivity contribution >= 4 is 32.8 Å². The number of hydrogen-bond acceptors (Lipinski definition) is 1. The molecule has 1 saturated heterocycles. The van der Waals surface area contributed by atoms with Crippen molar-refractivity contribution in [1.82, 2.24) is 0 Å². The van der Waals surface area contributed by atoms with E-state index in [2.05, 4.69) is 43.1 Å². The van der Waals surface area contributed by atoms with Crippen molar-refractivity contribution < 1.29 is 3.10 Å². The van der Waals surface area contributed by atoms with Gasteiger partial charge in [0.1, 0.15) is 0 Å². The Morgan fingerprint density at radius 1 is 1.25 bits per heavy atom. The Kier molecular flexibility index (Phi) is 2.76. The zero-order valence-corrected chi connectivity index (χ0v) is 10.6. The third-order valence-corrected chi connectivity index (χ3v) is 14.5. The fourth-order valence-corrected chi connectivity index (χ4v) is 10.7. The molecular weight excluding hydrogens is 332 g/mol. The molecule has 0 spiro atoms. The van der Waals surface area contributed by atoms with Crippen LogP contribution in [0.3, 0.4) is 0 Å². The number of hydrogen-bond donors (Lipinski definition) is 0. The Morgan fingerprint density at radius 3 is 2.58 bits per heavy atom.